The van der Waals surface area contributed by atoms with Crippen LogP contribution in [0.4, 0.5) is 0 Å². The van der Waals surface area contributed by atoms with E-state index in [0.29, 0.717) is 5.92 Å². The maximum Gasteiger partial charge on any atom is 0.155 e. The second-order valence-corrected chi connectivity index (χ2v) is 4.62. The van der Waals surface area contributed by atoms with Crippen molar-refractivity contribution in [2.45, 2.75) is 37.7 Å². The highest BCUT2D eigenvalue weighted by Crippen LogP contribution is 2.32. The standard InChI is InChI=1S/C11H18N4O/c1-2-4-8(3-1)10-13-11(15-14-10)9-7-12-5-6-16-9/h8-9,12H,1-7H2,(H,13,14,15). The molecule has 1 saturated heterocycles. The molecule has 0 amide bonds. The number of nitrogens with zero attached hydrogens (tertiary/aromatic N) is 2. The maximum absolute atomic E-state index is 5.64. The van der Waals surface area contributed by atoms with Crippen molar-refractivity contribution in [3.8, 4) is 0 Å². The average molecular weight is 222 g/mol. The molecule has 1 atom stereocenters. The largest absolute Gasteiger partial charge is 0.368 e. The lowest BCUT2D eigenvalue weighted by atomic mass is 10.1. The Labute approximate surface area is 95.0 Å². The Kier molecular flexibility index (Phi) is 2.88. The number of hydrogen-bond acceptors (Lipinski definition) is 4. The van der Waals surface area contributed by atoms with Crippen molar-refractivity contribution in [2.75, 3.05) is 19.7 Å². The van der Waals surface area contributed by atoms with E-state index in [4.69, 9.17) is 4.74 Å². The van der Waals surface area contributed by atoms with Crippen LogP contribution in [0.15, 0.2) is 0 Å². The summed E-state index contributed by atoms with van der Waals surface area (Å²) in [5.41, 5.74) is 0. The lowest BCUT2D eigenvalue weighted by molar-refractivity contribution is 0.0223. The minimum Gasteiger partial charge on any atom is -0.368 e. The minimum atomic E-state index is 0.0522. The van der Waals surface area contributed by atoms with Crippen molar-refractivity contribution < 1.29 is 4.74 Å². The van der Waals surface area contributed by atoms with Gasteiger partial charge >= 0.3 is 0 Å². The molecular weight excluding hydrogens is 204 g/mol. The fraction of sp³-hybridized carbons (Fsp3) is 0.818. The molecule has 0 bridgehead atoms. The van der Waals surface area contributed by atoms with Crippen LogP contribution in [-0.4, -0.2) is 34.9 Å². The van der Waals surface area contributed by atoms with Gasteiger partial charge in [-0.25, -0.2) is 4.98 Å². The number of H-pyrrole nitrogens is 1. The van der Waals surface area contributed by atoms with Crippen molar-refractivity contribution >= 4 is 0 Å². The molecule has 1 aliphatic heterocycles. The number of hydrogen-bond donors (Lipinski definition) is 2. The zero-order chi connectivity index (χ0) is 10.8. The van der Waals surface area contributed by atoms with E-state index >= 15 is 0 Å². The first-order valence-corrected chi connectivity index (χ1v) is 6.18. The third kappa shape index (κ3) is 1.97. The zero-order valence-corrected chi connectivity index (χ0v) is 9.41. The topological polar surface area (TPSA) is 62.8 Å². The number of rotatable bonds is 2. The van der Waals surface area contributed by atoms with E-state index in [-0.39, 0.29) is 6.10 Å². The van der Waals surface area contributed by atoms with Crippen molar-refractivity contribution in [2.24, 2.45) is 0 Å². The highest BCUT2D eigenvalue weighted by molar-refractivity contribution is 5.02. The molecule has 1 aliphatic carbocycles. The third-order valence-corrected chi connectivity index (χ3v) is 3.47. The van der Waals surface area contributed by atoms with Crippen LogP contribution in [0.3, 0.4) is 0 Å². The molecule has 2 heterocycles. The predicted molar refractivity (Wildman–Crippen MR) is 59.2 cm³/mol. The number of nitrogens with one attached hydrogen (secondary N) is 2. The van der Waals surface area contributed by atoms with Gasteiger partial charge in [0.1, 0.15) is 6.10 Å². The lowest BCUT2D eigenvalue weighted by Gasteiger charge is -2.21. The van der Waals surface area contributed by atoms with Crippen LogP contribution in [0.5, 0.6) is 0 Å². The number of aromatic nitrogens is 3. The molecule has 5 heteroatoms. The van der Waals surface area contributed by atoms with Gasteiger partial charge in [0.25, 0.3) is 0 Å². The van der Waals surface area contributed by atoms with Crippen molar-refractivity contribution in [1.29, 1.82) is 0 Å². The SMILES string of the molecule is C1CCC(c2n[nH]c(C3CNCCO3)n2)C1. The summed E-state index contributed by atoms with van der Waals surface area (Å²) in [4.78, 5) is 4.58. The van der Waals surface area contributed by atoms with Gasteiger partial charge in [-0.3, -0.25) is 5.10 Å². The normalized spacial score (nSPS) is 27.4. The second kappa shape index (κ2) is 4.51. The molecule has 2 aliphatic rings. The van der Waals surface area contributed by atoms with Crippen LogP contribution >= 0.6 is 0 Å². The smallest absolute Gasteiger partial charge is 0.155 e. The molecule has 0 aromatic carbocycles. The number of aromatic amines is 1. The highest BCUT2D eigenvalue weighted by atomic mass is 16.5. The van der Waals surface area contributed by atoms with E-state index in [1.54, 1.807) is 0 Å². The van der Waals surface area contributed by atoms with E-state index in [9.17, 15) is 0 Å². The molecular formula is C11H18N4O. The molecule has 1 saturated carbocycles. The Hall–Kier alpha value is -0.940. The lowest BCUT2D eigenvalue weighted by Crippen LogP contribution is -2.33. The van der Waals surface area contributed by atoms with Crippen molar-refractivity contribution in [3.63, 3.8) is 0 Å². The van der Waals surface area contributed by atoms with E-state index in [1.807, 2.05) is 0 Å². The van der Waals surface area contributed by atoms with Gasteiger partial charge in [0.05, 0.1) is 6.61 Å². The molecule has 88 valence electrons. The van der Waals surface area contributed by atoms with Crippen LogP contribution in [0.25, 0.3) is 0 Å². The predicted octanol–water partition coefficient (Wildman–Crippen LogP) is 1.12. The zero-order valence-electron chi connectivity index (χ0n) is 9.41. The molecule has 0 radical (unpaired) electrons. The molecule has 2 N–H and O–H groups in total. The fourth-order valence-electron chi connectivity index (χ4n) is 2.54. The highest BCUT2D eigenvalue weighted by Gasteiger charge is 2.24. The summed E-state index contributed by atoms with van der Waals surface area (Å²) in [6.45, 7) is 2.52. The van der Waals surface area contributed by atoms with Gasteiger partial charge in [-0.1, -0.05) is 12.8 Å². The Morgan fingerprint density at radius 1 is 1.25 bits per heavy atom. The summed E-state index contributed by atoms with van der Waals surface area (Å²) < 4.78 is 5.64. The first-order chi connectivity index (χ1) is 7.93. The van der Waals surface area contributed by atoms with Gasteiger partial charge in [0.2, 0.25) is 0 Å². The molecule has 2 fully saturated rings. The molecule has 1 unspecified atom stereocenters. The Morgan fingerprint density at radius 2 is 2.12 bits per heavy atom. The Morgan fingerprint density at radius 3 is 2.88 bits per heavy atom. The summed E-state index contributed by atoms with van der Waals surface area (Å²) in [5, 5.41) is 10.7. The quantitative estimate of drug-likeness (QED) is 0.787. The first-order valence-electron chi connectivity index (χ1n) is 6.18. The molecule has 1 aromatic rings. The molecule has 1 aromatic heterocycles. The van der Waals surface area contributed by atoms with E-state index in [1.165, 1.54) is 25.7 Å². The van der Waals surface area contributed by atoms with Crippen LogP contribution < -0.4 is 5.32 Å². The molecule has 0 spiro atoms. The monoisotopic (exact) mass is 222 g/mol. The van der Waals surface area contributed by atoms with Gasteiger partial charge in [-0.15, -0.1) is 0 Å². The van der Waals surface area contributed by atoms with Crippen molar-refractivity contribution in [3.05, 3.63) is 11.6 Å². The van der Waals surface area contributed by atoms with Gasteiger partial charge in [-0.2, -0.15) is 5.10 Å². The summed E-state index contributed by atoms with van der Waals surface area (Å²) in [6, 6.07) is 0. The Balaban J connectivity index is 1.71. The van der Waals surface area contributed by atoms with E-state index < -0.39 is 0 Å². The molecule has 16 heavy (non-hydrogen) atoms. The van der Waals surface area contributed by atoms with Crippen LogP contribution in [-0.2, 0) is 4.74 Å². The van der Waals surface area contributed by atoms with Crippen LogP contribution in [0.2, 0.25) is 0 Å². The van der Waals surface area contributed by atoms with E-state index in [0.717, 1.165) is 31.3 Å². The summed E-state index contributed by atoms with van der Waals surface area (Å²) in [6.07, 6.45) is 5.16. The van der Waals surface area contributed by atoms with Crippen molar-refractivity contribution in [1.82, 2.24) is 20.5 Å². The van der Waals surface area contributed by atoms with Gasteiger partial charge < -0.3 is 10.1 Å². The summed E-state index contributed by atoms with van der Waals surface area (Å²) in [7, 11) is 0. The number of ether oxygens (including phenoxy) is 1. The minimum absolute atomic E-state index is 0.0522. The van der Waals surface area contributed by atoms with Crippen LogP contribution in [0, 0.1) is 0 Å². The van der Waals surface area contributed by atoms with Gasteiger partial charge in [-0.05, 0) is 12.8 Å². The maximum atomic E-state index is 5.64. The average Bonchev–Trinajstić information content (AvgIpc) is 3.01. The van der Waals surface area contributed by atoms with Gasteiger partial charge in [0.15, 0.2) is 11.6 Å². The number of morpholine rings is 1. The summed E-state index contributed by atoms with van der Waals surface area (Å²) in [5.74, 6) is 2.44. The molecule has 5 nitrogen and oxygen atoms in total. The third-order valence-electron chi connectivity index (χ3n) is 3.47. The Bertz CT molecular complexity index is 340. The molecule has 3 rings (SSSR count). The summed E-state index contributed by atoms with van der Waals surface area (Å²) >= 11 is 0. The second-order valence-electron chi connectivity index (χ2n) is 4.62. The van der Waals surface area contributed by atoms with Gasteiger partial charge in [0, 0.05) is 19.0 Å². The fourth-order valence-corrected chi connectivity index (χ4v) is 2.54. The van der Waals surface area contributed by atoms with E-state index in [2.05, 4.69) is 20.5 Å². The first kappa shape index (κ1) is 10.2. The van der Waals surface area contributed by atoms with Crippen LogP contribution in [0.1, 0.15) is 49.4 Å².